The van der Waals surface area contributed by atoms with Crippen LogP contribution in [0, 0.1) is 0 Å². The maximum atomic E-state index is 6.23. The fourth-order valence-electron chi connectivity index (χ4n) is 3.75. The van der Waals surface area contributed by atoms with Crippen LogP contribution >= 0.6 is 11.6 Å². The Bertz CT molecular complexity index is 940. The third kappa shape index (κ3) is 4.50. The van der Waals surface area contributed by atoms with Crippen molar-refractivity contribution in [1.82, 2.24) is 9.88 Å². The first-order chi connectivity index (χ1) is 13.6. The Morgan fingerprint density at radius 2 is 1.68 bits per heavy atom. The van der Waals surface area contributed by atoms with E-state index in [9.17, 15) is 0 Å². The van der Waals surface area contributed by atoms with E-state index in [0.29, 0.717) is 5.02 Å². The number of rotatable bonds is 9. The van der Waals surface area contributed by atoms with Crippen molar-refractivity contribution in [3.05, 3.63) is 41.4 Å². The summed E-state index contributed by atoms with van der Waals surface area (Å²) in [7, 11) is 3.87. The van der Waals surface area contributed by atoms with Gasteiger partial charge in [0.05, 0.1) is 23.8 Å². The highest BCUT2D eigenvalue weighted by atomic mass is 35.5. The molecule has 150 valence electrons. The van der Waals surface area contributed by atoms with Gasteiger partial charge in [-0.2, -0.15) is 0 Å². The van der Waals surface area contributed by atoms with Gasteiger partial charge in [-0.3, -0.25) is 0 Å². The van der Waals surface area contributed by atoms with Crippen molar-refractivity contribution in [1.29, 1.82) is 0 Å². The van der Waals surface area contributed by atoms with Crippen LogP contribution in [0.1, 0.15) is 26.7 Å². The van der Waals surface area contributed by atoms with Crippen LogP contribution in [-0.4, -0.2) is 50.2 Å². The van der Waals surface area contributed by atoms with E-state index in [1.165, 1.54) is 12.1 Å². The van der Waals surface area contributed by atoms with E-state index in [1.807, 2.05) is 24.3 Å². The van der Waals surface area contributed by atoms with Crippen molar-refractivity contribution in [2.45, 2.75) is 26.7 Å². The van der Waals surface area contributed by atoms with Crippen molar-refractivity contribution >= 4 is 39.1 Å². The van der Waals surface area contributed by atoms with E-state index in [0.717, 1.165) is 60.2 Å². The van der Waals surface area contributed by atoms with E-state index in [-0.39, 0.29) is 0 Å². The second-order valence-electron chi connectivity index (χ2n) is 7.16. The zero-order chi connectivity index (χ0) is 20.1. The van der Waals surface area contributed by atoms with Gasteiger partial charge in [-0.15, -0.1) is 0 Å². The fraction of sp³-hybridized carbons (Fsp3) is 0.435. The van der Waals surface area contributed by atoms with Crippen molar-refractivity contribution < 1.29 is 4.74 Å². The quantitative estimate of drug-likeness (QED) is 0.345. The molecule has 0 amide bonds. The predicted molar refractivity (Wildman–Crippen MR) is 121 cm³/mol. The van der Waals surface area contributed by atoms with Crippen LogP contribution in [0.2, 0.25) is 5.02 Å². The first-order valence-electron chi connectivity index (χ1n) is 10.1. The largest absolute Gasteiger partial charge is 0.497 e. The molecule has 1 aromatic heterocycles. The number of nitrogens with zero attached hydrogens (tertiary/aromatic N) is 3. The molecule has 0 saturated heterocycles. The average molecular weight is 400 g/mol. The van der Waals surface area contributed by atoms with E-state index in [2.05, 4.69) is 42.8 Å². The number of pyridine rings is 1. The Morgan fingerprint density at radius 3 is 2.39 bits per heavy atom. The highest BCUT2D eigenvalue weighted by Gasteiger charge is 2.14. The summed E-state index contributed by atoms with van der Waals surface area (Å²) >= 11 is 6.23. The maximum absolute atomic E-state index is 6.23. The molecule has 0 N–H and O–H groups in total. The Balaban J connectivity index is 1.93. The second-order valence-corrected chi connectivity index (χ2v) is 7.60. The fourth-order valence-corrected chi connectivity index (χ4v) is 3.92. The molecule has 0 fully saturated rings. The first kappa shape index (κ1) is 20.7. The molecule has 2 aromatic carbocycles. The summed E-state index contributed by atoms with van der Waals surface area (Å²) < 4.78 is 5.46. The molecule has 0 bridgehead atoms. The monoisotopic (exact) mass is 399 g/mol. The summed E-state index contributed by atoms with van der Waals surface area (Å²) in [4.78, 5) is 9.65. The SMILES string of the molecule is CCN(CC)CCCCN(C)c1c2ccc(Cl)cc2nc2ccc(OC)cc12. The van der Waals surface area contributed by atoms with Gasteiger partial charge in [-0.25, -0.2) is 4.98 Å². The van der Waals surface area contributed by atoms with E-state index in [4.69, 9.17) is 21.3 Å². The molecule has 3 rings (SSSR count). The molecule has 5 heteroatoms. The minimum atomic E-state index is 0.709. The number of anilines is 1. The number of unbranched alkanes of at least 4 members (excludes halogenated alkanes) is 1. The second kappa shape index (κ2) is 9.44. The topological polar surface area (TPSA) is 28.6 Å². The van der Waals surface area contributed by atoms with Crippen molar-refractivity contribution in [3.63, 3.8) is 0 Å². The summed E-state index contributed by atoms with van der Waals surface area (Å²) in [5.74, 6) is 0.846. The van der Waals surface area contributed by atoms with Crippen molar-refractivity contribution in [3.8, 4) is 5.75 Å². The number of methoxy groups -OCH3 is 1. The minimum Gasteiger partial charge on any atom is -0.497 e. The van der Waals surface area contributed by atoms with Gasteiger partial charge in [0.2, 0.25) is 0 Å². The summed E-state index contributed by atoms with van der Waals surface area (Å²) in [5.41, 5.74) is 3.08. The summed E-state index contributed by atoms with van der Waals surface area (Å²) in [6, 6.07) is 12.0. The van der Waals surface area contributed by atoms with Crippen LogP contribution in [0.15, 0.2) is 36.4 Å². The molecule has 0 saturated carbocycles. The molecular weight excluding hydrogens is 370 g/mol. The predicted octanol–water partition coefficient (Wildman–Crippen LogP) is 5.61. The lowest BCUT2D eigenvalue weighted by Crippen LogP contribution is -2.25. The van der Waals surface area contributed by atoms with Crippen LogP contribution in [-0.2, 0) is 0 Å². The van der Waals surface area contributed by atoms with Crippen molar-refractivity contribution in [2.75, 3.05) is 45.2 Å². The number of ether oxygens (including phenoxy) is 1. The third-order valence-electron chi connectivity index (χ3n) is 5.41. The lowest BCUT2D eigenvalue weighted by atomic mass is 10.1. The minimum absolute atomic E-state index is 0.709. The van der Waals surface area contributed by atoms with Crippen LogP contribution in [0.3, 0.4) is 0 Å². The molecule has 0 unspecified atom stereocenters. The summed E-state index contributed by atoms with van der Waals surface area (Å²) in [6.07, 6.45) is 2.35. The molecule has 28 heavy (non-hydrogen) atoms. The van der Waals surface area contributed by atoms with Gasteiger partial charge >= 0.3 is 0 Å². The van der Waals surface area contributed by atoms with Gasteiger partial charge in [0.1, 0.15) is 5.75 Å². The molecule has 4 nitrogen and oxygen atoms in total. The molecule has 1 heterocycles. The number of aromatic nitrogens is 1. The van der Waals surface area contributed by atoms with Gasteiger partial charge < -0.3 is 14.5 Å². The molecule has 0 atom stereocenters. The van der Waals surface area contributed by atoms with Gasteiger partial charge in [-0.05, 0) is 68.9 Å². The first-order valence-corrected chi connectivity index (χ1v) is 10.5. The van der Waals surface area contributed by atoms with Crippen LogP contribution in [0.5, 0.6) is 5.75 Å². The van der Waals surface area contributed by atoms with E-state index < -0.39 is 0 Å². The number of hydrogen-bond acceptors (Lipinski definition) is 4. The molecule has 0 aliphatic heterocycles. The third-order valence-corrected chi connectivity index (χ3v) is 5.64. The number of hydrogen-bond donors (Lipinski definition) is 0. The Morgan fingerprint density at radius 1 is 0.929 bits per heavy atom. The number of halogens is 1. The number of benzene rings is 2. The molecule has 0 radical (unpaired) electrons. The van der Waals surface area contributed by atoms with E-state index in [1.54, 1.807) is 7.11 Å². The maximum Gasteiger partial charge on any atom is 0.119 e. The zero-order valence-electron chi connectivity index (χ0n) is 17.3. The van der Waals surface area contributed by atoms with Gasteiger partial charge in [0.15, 0.2) is 0 Å². The smallest absolute Gasteiger partial charge is 0.119 e. The highest BCUT2D eigenvalue weighted by Crippen LogP contribution is 2.36. The van der Waals surface area contributed by atoms with Crippen LogP contribution < -0.4 is 9.64 Å². The summed E-state index contributed by atoms with van der Waals surface area (Å²) in [6.45, 7) is 8.84. The van der Waals surface area contributed by atoms with Crippen LogP contribution in [0.4, 0.5) is 5.69 Å². The molecule has 3 aromatic rings. The standard InChI is InChI=1S/C23H30ClN3O/c1-5-27(6-2)14-8-7-13-26(3)23-19-11-9-17(24)15-22(19)25-21-12-10-18(28-4)16-20(21)23/h9-12,15-16H,5-8,13-14H2,1-4H3. The van der Waals surface area contributed by atoms with Gasteiger partial charge in [-0.1, -0.05) is 25.4 Å². The number of fused-ring (bicyclic) bond motifs is 2. The zero-order valence-corrected chi connectivity index (χ0v) is 18.1. The molecule has 0 spiro atoms. The highest BCUT2D eigenvalue weighted by molar-refractivity contribution is 6.31. The van der Waals surface area contributed by atoms with Crippen LogP contribution in [0.25, 0.3) is 21.8 Å². The normalized spacial score (nSPS) is 11.5. The van der Waals surface area contributed by atoms with E-state index >= 15 is 0 Å². The summed E-state index contributed by atoms with van der Waals surface area (Å²) in [5, 5.41) is 2.94. The molecular formula is C23H30ClN3O. The van der Waals surface area contributed by atoms with Crippen molar-refractivity contribution in [2.24, 2.45) is 0 Å². The lowest BCUT2D eigenvalue weighted by Gasteiger charge is -2.24. The average Bonchev–Trinajstić information content (AvgIpc) is 2.71. The molecule has 0 aliphatic carbocycles. The Labute approximate surface area is 173 Å². The Hall–Kier alpha value is -2.04. The van der Waals surface area contributed by atoms with Gasteiger partial charge in [0, 0.05) is 29.4 Å². The Kier molecular flexibility index (Phi) is 6.97. The molecule has 0 aliphatic rings. The van der Waals surface area contributed by atoms with Gasteiger partial charge in [0.25, 0.3) is 0 Å². The lowest BCUT2D eigenvalue weighted by molar-refractivity contribution is 0.297.